The second-order valence-electron chi connectivity index (χ2n) is 6.64. The highest BCUT2D eigenvalue weighted by atomic mass is 14.1. The van der Waals surface area contributed by atoms with E-state index in [9.17, 15) is 0 Å². The molecule has 0 heteroatoms. The summed E-state index contributed by atoms with van der Waals surface area (Å²) < 4.78 is 0. The Morgan fingerprint density at radius 3 is 1.69 bits per heavy atom. The smallest absolute Gasteiger partial charge is 0.00928 e. The summed E-state index contributed by atoms with van der Waals surface area (Å²) in [6.07, 6.45) is 0. The van der Waals surface area contributed by atoms with Crippen molar-refractivity contribution in [2.24, 2.45) is 0 Å². The van der Waals surface area contributed by atoms with Gasteiger partial charge in [-0.15, -0.1) is 0 Å². The first-order valence-corrected chi connectivity index (χ1v) is 8.96. The highest BCUT2D eigenvalue weighted by Crippen LogP contribution is 2.38. The standard InChI is InChI=1S/C26H18/c1-2-9-20(10-3-1)25-17-21-12-4-5-13-22(21)18-26(25)24-16-8-14-19-11-6-7-15-23(19)24/h1-18H. The number of hydrogen-bond donors (Lipinski definition) is 0. The average Bonchev–Trinajstić information content (AvgIpc) is 2.73. The predicted molar refractivity (Wildman–Crippen MR) is 112 cm³/mol. The SMILES string of the molecule is c1ccc(-c2cc3ccccc3cc2-c2cccc3ccccc23)cc1. The monoisotopic (exact) mass is 330 g/mol. The van der Waals surface area contributed by atoms with E-state index in [-0.39, 0.29) is 0 Å². The molecule has 0 bridgehead atoms. The topological polar surface area (TPSA) is 0 Å². The van der Waals surface area contributed by atoms with E-state index < -0.39 is 0 Å². The molecule has 5 aromatic rings. The molecule has 0 atom stereocenters. The van der Waals surface area contributed by atoms with Crippen molar-refractivity contribution in [2.45, 2.75) is 0 Å². The van der Waals surface area contributed by atoms with Crippen LogP contribution in [-0.4, -0.2) is 0 Å². The summed E-state index contributed by atoms with van der Waals surface area (Å²) in [6.45, 7) is 0. The van der Waals surface area contributed by atoms with Gasteiger partial charge in [0, 0.05) is 0 Å². The molecule has 26 heavy (non-hydrogen) atoms. The summed E-state index contributed by atoms with van der Waals surface area (Å²) in [5, 5.41) is 5.12. The van der Waals surface area contributed by atoms with Gasteiger partial charge in [-0.3, -0.25) is 0 Å². The summed E-state index contributed by atoms with van der Waals surface area (Å²) in [5.41, 5.74) is 5.10. The molecule has 0 fully saturated rings. The van der Waals surface area contributed by atoms with Crippen molar-refractivity contribution in [1.82, 2.24) is 0 Å². The molecular weight excluding hydrogens is 312 g/mol. The van der Waals surface area contributed by atoms with E-state index in [0.717, 1.165) is 0 Å². The molecule has 5 aromatic carbocycles. The van der Waals surface area contributed by atoms with E-state index in [2.05, 4.69) is 109 Å². The third-order valence-electron chi connectivity index (χ3n) is 5.05. The largest absolute Gasteiger partial charge is 0.0622 e. The van der Waals surface area contributed by atoms with E-state index in [4.69, 9.17) is 0 Å². The fourth-order valence-corrected chi connectivity index (χ4v) is 3.78. The molecule has 0 saturated heterocycles. The van der Waals surface area contributed by atoms with Crippen LogP contribution in [0, 0.1) is 0 Å². The Hall–Kier alpha value is -3.38. The maximum atomic E-state index is 2.33. The van der Waals surface area contributed by atoms with Crippen LogP contribution in [0.5, 0.6) is 0 Å². The van der Waals surface area contributed by atoms with Gasteiger partial charge in [-0.25, -0.2) is 0 Å². The Labute approximate surface area is 153 Å². The fraction of sp³-hybridized carbons (Fsp3) is 0. The Morgan fingerprint density at radius 1 is 0.346 bits per heavy atom. The Balaban J connectivity index is 1.89. The molecular formula is C26H18. The molecule has 0 N–H and O–H groups in total. The second-order valence-corrected chi connectivity index (χ2v) is 6.64. The zero-order valence-electron chi connectivity index (χ0n) is 14.4. The first-order valence-electron chi connectivity index (χ1n) is 8.96. The van der Waals surface area contributed by atoms with Crippen molar-refractivity contribution in [1.29, 1.82) is 0 Å². The van der Waals surface area contributed by atoms with Crippen LogP contribution >= 0.6 is 0 Å². The lowest BCUT2D eigenvalue weighted by atomic mass is 9.89. The molecule has 0 nitrogen and oxygen atoms in total. The normalized spacial score (nSPS) is 11.1. The minimum Gasteiger partial charge on any atom is -0.0622 e. The van der Waals surface area contributed by atoms with Gasteiger partial charge >= 0.3 is 0 Å². The molecule has 0 saturated carbocycles. The summed E-state index contributed by atoms with van der Waals surface area (Å²) >= 11 is 0. The highest BCUT2D eigenvalue weighted by Gasteiger charge is 2.11. The van der Waals surface area contributed by atoms with Crippen molar-refractivity contribution in [3.63, 3.8) is 0 Å². The zero-order valence-corrected chi connectivity index (χ0v) is 14.4. The summed E-state index contributed by atoms with van der Waals surface area (Å²) in [4.78, 5) is 0. The summed E-state index contributed by atoms with van der Waals surface area (Å²) in [6, 6.07) is 39.1. The lowest BCUT2D eigenvalue weighted by Crippen LogP contribution is -1.88. The third-order valence-corrected chi connectivity index (χ3v) is 5.05. The van der Waals surface area contributed by atoms with Crippen LogP contribution in [0.2, 0.25) is 0 Å². The van der Waals surface area contributed by atoms with Crippen LogP contribution in [0.25, 0.3) is 43.8 Å². The van der Waals surface area contributed by atoms with Gasteiger partial charge in [-0.1, -0.05) is 97.1 Å². The van der Waals surface area contributed by atoms with E-state index in [1.807, 2.05) is 0 Å². The van der Waals surface area contributed by atoms with Crippen molar-refractivity contribution in [2.75, 3.05) is 0 Å². The molecule has 0 aliphatic rings. The van der Waals surface area contributed by atoms with Crippen molar-refractivity contribution < 1.29 is 0 Å². The van der Waals surface area contributed by atoms with Gasteiger partial charge in [0.2, 0.25) is 0 Å². The first-order chi connectivity index (χ1) is 12.9. The molecule has 0 aliphatic carbocycles. The van der Waals surface area contributed by atoms with Gasteiger partial charge in [0.05, 0.1) is 0 Å². The lowest BCUT2D eigenvalue weighted by Gasteiger charge is -2.14. The van der Waals surface area contributed by atoms with Gasteiger partial charge in [-0.2, -0.15) is 0 Å². The van der Waals surface area contributed by atoms with E-state index in [1.165, 1.54) is 43.8 Å². The van der Waals surface area contributed by atoms with Crippen molar-refractivity contribution in [3.05, 3.63) is 109 Å². The fourth-order valence-electron chi connectivity index (χ4n) is 3.78. The van der Waals surface area contributed by atoms with Gasteiger partial charge in [0.1, 0.15) is 0 Å². The van der Waals surface area contributed by atoms with Crippen LogP contribution in [0.4, 0.5) is 0 Å². The molecule has 0 spiro atoms. The molecule has 0 radical (unpaired) electrons. The minimum absolute atomic E-state index is 1.25. The van der Waals surface area contributed by atoms with E-state index in [0.29, 0.717) is 0 Å². The van der Waals surface area contributed by atoms with Gasteiger partial charge in [-0.05, 0) is 55.9 Å². The third kappa shape index (κ3) is 2.48. The Bertz CT molecular complexity index is 1210. The van der Waals surface area contributed by atoms with Crippen molar-refractivity contribution >= 4 is 21.5 Å². The number of fused-ring (bicyclic) bond motifs is 2. The maximum absolute atomic E-state index is 2.33. The Kier molecular flexibility index (Phi) is 3.54. The zero-order chi connectivity index (χ0) is 17.3. The number of rotatable bonds is 2. The minimum atomic E-state index is 1.25. The summed E-state index contributed by atoms with van der Waals surface area (Å²) in [5.74, 6) is 0. The van der Waals surface area contributed by atoms with Crippen LogP contribution in [0.1, 0.15) is 0 Å². The Morgan fingerprint density at radius 2 is 0.923 bits per heavy atom. The molecule has 0 aromatic heterocycles. The lowest BCUT2D eigenvalue weighted by molar-refractivity contribution is 1.62. The van der Waals surface area contributed by atoms with Crippen LogP contribution in [0.3, 0.4) is 0 Å². The van der Waals surface area contributed by atoms with Gasteiger partial charge in [0.25, 0.3) is 0 Å². The molecule has 0 amide bonds. The molecule has 0 heterocycles. The van der Waals surface area contributed by atoms with E-state index in [1.54, 1.807) is 0 Å². The molecule has 122 valence electrons. The number of benzene rings is 5. The maximum Gasteiger partial charge on any atom is -0.00928 e. The molecule has 5 rings (SSSR count). The summed E-state index contributed by atoms with van der Waals surface area (Å²) in [7, 11) is 0. The second kappa shape index (κ2) is 6.16. The molecule has 0 unspecified atom stereocenters. The first kappa shape index (κ1) is 14.9. The van der Waals surface area contributed by atoms with Crippen LogP contribution in [0.15, 0.2) is 109 Å². The predicted octanol–water partition coefficient (Wildman–Crippen LogP) is 7.33. The van der Waals surface area contributed by atoms with Gasteiger partial charge in [0.15, 0.2) is 0 Å². The van der Waals surface area contributed by atoms with Crippen LogP contribution in [-0.2, 0) is 0 Å². The molecule has 0 aliphatic heterocycles. The van der Waals surface area contributed by atoms with Gasteiger partial charge < -0.3 is 0 Å². The van der Waals surface area contributed by atoms with Crippen LogP contribution < -0.4 is 0 Å². The average molecular weight is 330 g/mol. The highest BCUT2D eigenvalue weighted by molar-refractivity contribution is 6.04. The van der Waals surface area contributed by atoms with E-state index >= 15 is 0 Å². The van der Waals surface area contributed by atoms with Crippen molar-refractivity contribution in [3.8, 4) is 22.3 Å². The number of hydrogen-bond acceptors (Lipinski definition) is 0. The quantitative estimate of drug-likeness (QED) is 0.318.